The van der Waals surface area contributed by atoms with E-state index in [1.165, 1.54) is 16.7 Å². The van der Waals surface area contributed by atoms with Gasteiger partial charge in [0, 0.05) is 29.7 Å². The second-order valence-electron chi connectivity index (χ2n) is 6.67. The average Bonchev–Trinajstić information content (AvgIpc) is 3.22. The van der Waals surface area contributed by atoms with E-state index in [9.17, 15) is 14.7 Å². The first kappa shape index (κ1) is 19.3. The molecule has 0 saturated carbocycles. The number of carboxylic acid groups (broad SMARTS) is 1. The van der Waals surface area contributed by atoms with Crippen molar-refractivity contribution in [3.63, 3.8) is 0 Å². The molecule has 0 bridgehead atoms. The molecule has 3 N–H and O–H groups in total. The monoisotopic (exact) mass is 430 g/mol. The average molecular weight is 431 g/mol. The number of aliphatic carboxylic acids is 1. The number of halogens is 2. The number of aryl methyl sites for hydroxylation is 1. The van der Waals surface area contributed by atoms with Crippen LogP contribution in [0.3, 0.4) is 0 Å². The Balaban J connectivity index is 1.66. The van der Waals surface area contributed by atoms with Crippen LogP contribution in [-0.4, -0.2) is 37.4 Å². The maximum Gasteiger partial charge on any atom is 0.326 e. The summed E-state index contributed by atoms with van der Waals surface area (Å²) in [6, 6.07) is 7.99. The van der Waals surface area contributed by atoms with E-state index in [4.69, 9.17) is 23.2 Å². The fraction of sp³-hybridized carbons (Fsp3) is 0.150. The number of rotatable bonds is 5. The molecule has 29 heavy (non-hydrogen) atoms. The number of aromatic nitrogens is 3. The van der Waals surface area contributed by atoms with Crippen LogP contribution >= 0.6 is 23.2 Å². The summed E-state index contributed by atoms with van der Waals surface area (Å²) >= 11 is 12.2. The number of para-hydroxylation sites is 1. The normalized spacial score (nSPS) is 12.4. The number of pyridine rings is 1. The Morgan fingerprint density at radius 3 is 2.83 bits per heavy atom. The minimum Gasteiger partial charge on any atom is -0.480 e. The SMILES string of the molecule is Cc1nc2c(Cl)cc(Cl)cn2c1C(=O)NC(Cc1c[nH]c2ccccc12)C(=O)O. The summed E-state index contributed by atoms with van der Waals surface area (Å²) in [6.45, 7) is 1.65. The van der Waals surface area contributed by atoms with Crippen LogP contribution in [0.25, 0.3) is 16.6 Å². The maximum absolute atomic E-state index is 12.9. The second kappa shape index (κ2) is 7.42. The number of imidazole rings is 1. The van der Waals surface area contributed by atoms with Gasteiger partial charge in [-0.15, -0.1) is 0 Å². The van der Waals surface area contributed by atoms with Gasteiger partial charge in [-0.25, -0.2) is 9.78 Å². The molecule has 148 valence electrons. The van der Waals surface area contributed by atoms with Gasteiger partial charge in [0.25, 0.3) is 5.91 Å². The van der Waals surface area contributed by atoms with Crippen molar-refractivity contribution in [1.29, 1.82) is 0 Å². The molecule has 0 aliphatic heterocycles. The fourth-order valence-electron chi connectivity index (χ4n) is 3.41. The lowest BCUT2D eigenvalue weighted by atomic mass is 10.0. The highest BCUT2D eigenvalue weighted by molar-refractivity contribution is 6.36. The van der Waals surface area contributed by atoms with Crippen molar-refractivity contribution in [2.45, 2.75) is 19.4 Å². The first-order valence-electron chi connectivity index (χ1n) is 8.77. The van der Waals surface area contributed by atoms with Gasteiger partial charge >= 0.3 is 5.97 Å². The number of carboxylic acids is 1. The molecule has 0 saturated heterocycles. The Hall–Kier alpha value is -3.03. The number of benzene rings is 1. The minimum absolute atomic E-state index is 0.127. The van der Waals surface area contributed by atoms with Crippen molar-refractivity contribution in [1.82, 2.24) is 19.7 Å². The van der Waals surface area contributed by atoms with Crippen LogP contribution in [0.2, 0.25) is 10.0 Å². The lowest BCUT2D eigenvalue weighted by Crippen LogP contribution is -2.42. The fourth-order valence-corrected chi connectivity index (χ4v) is 3.92. The van der Waals surface area contributed by atoms with Crippen LogP contribution < -0.4 is 5.32 Å². The summed E-state index contributed by atoms with van der Waals surface area (Å²) in [4.78, 5) is 32.2. The molecule has 0 spiro atoms. The third-order valence-corrected chi connectivity index (χ3v) is 5.22. The number of fused-ring (bicyclic) bond motifs is 2. The third kappa shape index (κ3) is 3.54. The lowest BCUT2D eigenvalue weighted by Gasteiger charge is -2.14. The van der Waals surface area contributed by atoms with Crippen LogP contribution in [0.15, 0.2) is 42.7 Å². The molecule has 1 unspecified atom stereocenters. The lowest BCUT2D eigenvalue weighted by molar-refractivity contribution is -0.139. The van der Waals surface area contributed by atoms with E-state index < -0.39 is 17.9 Å². The summed E-state index contributed by atoms with van der Waals surface area (Å²) in [5.74, 6) is -1.70. The highest BCUT2D eigenvalue weighted by Crippen LogP contribution is 2.25. The highest BCUT2D eigenvalue weighted by atomic mass is 35.5. The van der Waals surface area contributed by atoms with Gasteiger partial charge in [-0.2, -0.15) is 0 Å². The molecule has 9 heteroatoms. The van der Waals surface area contributed by atoms with Crippen molar-refractivity contribution in [3.05, 3.63) is 69.7 Å². The Kier molecular flexibility index (Phi) is 4.94. The van der Waals surface area contributed by atoms with Crippen molar-refractivity contribution in [2.24, 2.45) is 0 Å². The van der Waals surface area contributed by atoms with Crippen molar-refractivity contribution >= 4 is 51.6 Å². The second-order valence-corrected chi connectivity index (χ2v) is 7.52. The zero-order chi connectivity index (χ0) is 20.7. The number of amides is 1. The number of carbonyl (C=O) groups excluding carboxylic acids is 1. The molecular formula is C20H16Cl2N4O3. The van der Waals surface area contributed by atoms with Crippen molar-refractivity contribution in [3.8, 4) is 0 Å². The van der Waals surface area contributed by atoms with Gasteiger partial charge in [0.05, 0.1) is 15.7 Å². The summed E-state index contributed by atoms with van der Waals surface area (Å²) < 4.78 is 1.47. The van der Waals surface area contributed by atoms with E-state index in [1.807, 2.05) is 24.3 Å². The molecule has 0 aliphatic rings. The Morgan fingerprint density at radius 1 is 1.31 bits per heavy atom. The Morgan fingerprint density at radius 2 is 2.07 bits per heavy atom. The molecule has 7 nitrogen and oxygen atoms in total. The van der Waals surface area contributed by atoms with Gasteiger partial charge in [-0.3, -0.25) is 9.20 Å². The molecule has 3 heterocycles. The number of nitrogens with zero attached hydrogens (tertiary/aromatic N) is 2. The number of nitrogens with one attached hydrogen (secondary N) is 2. The number of hydrogen-bond donors (Lipinski definition) is 3. The zero-order valence-corrected chi connectivity index (χ0v) is 16.8. The van der Waals surface area contributed by atoms with Gasteiger partial charge in [-0.1, -0.05) is 41.4 Å². The zero-order valence-electron chi connectivity index (χ0n) is 15.2. The molecule has 1 atom stereocenters. The molecule has 3 aromatic heterocycles. The molecule has 0 fully saturated rings. The number of carbonyl (C=O) groups is 2. The number of hydrogen-bond acceptors (Lipinski definition) is 3. The molecule has 4 rings (SSSR count). The number of H-pyrrole nitrogens is 1. The molecule has 0 aliphatic carbocycles. The van der Waals surface area contributed by atoms with Gasteiger partial charge in [0.2, 0.25) is 0 Å². The smallest absolute Gasteiger partial charge is 0.326 e. The molecule has 1 amide bonds. The maximum atomic E-state index is 12.9. The third-order valence-electron chi connectivity index (χ3n) is 4.73. The van der Waals surface area contributed by atoms with Crippen LogP contribution in [0.4, 0.5) is 0 Å². The summed E-state index contributed by atoms with van der Waals surface area (Å²) in [7, 11) is 0. The Bertz CT molecular complexity index is 1260. The predicted molar refractivity (Wildman–Crippen MR) is 111 cm³/mol. The summed E-state index contributed by atoms with van der Waals surface area (Å²) in [5, 5.41) is 13.8. The van der Waals surface area contributed by atoms with E-state index in [-0.39, 0.29) is 12.1 Å². The topological polar surface area (TPSA) is 99.5 Å². The van der Waals surface area contributed by atoms with E-state index in [1.54, 1.807) is 13.1 Å². The Labute approximate surface area is 175 Å². The van der Waals surface area contributed by atoms with Gasteiger partial charge in [0.15, 0.2) is 5.65 Å². The van der Waals surface area contributed by atoms with Gasteiger partial charge < -0.3 is 15.4 Å². The van der Waals surface area contributed by atoms with Crippen LogP contribution in [0, 0.1) is 6.92 Å². The summed E-state index contributed by atoms with van der Waals surface area (Å²) in [5.41, 5.74) is 2.69. The first-order chi connectivity index (χ1) is 13.8. The van der Waals surface area contributed by atoms with E-state index >= 15 is 0 Å². The van der Waals surface area contributed by atoms with Crippen LogP contribution in [0.5, 0.6) is 0 Å². The largest absolute Gasteiger partial charge is 0.480 e. The van der Waals surface area contributed by atoms with E-state index in [0.717, 1.165) is 16.5 Å². The molecular weight excluding hydrogens is 415 g/mol. The van der Waals surface area contributed by atoms with Crippen LogP contribution in [-0.2, 0) is 11.2 Å². The van der Waals surface area contributed by atoms with Crippen molar-refractivity contribution in [2.75, 3.05) is 0 Å². The quantitative estimate of drug-likeness (QED) is 0.447. The molecule has 0 radical (unpaired) electrons. The van der Waals surface area contributed by atoms with Crippen molar-refractivity contribution < 1.29 is 14.7 Å². The van der Waals surface area contributed by atoms with Gasteiger partial charge in [-0.05, 0) is 24.6 Å². The van der Waals surface area contributed by atoms with Gasteiger partial charge in [0.1, 0.15) is 11.7 Å². The predicted octanol–water partition coefficient (Wildman–Crippen LogP) is 3.86. The molecule has 4 aromatic rings. The molecule has 1 aromatic carbocycles. The number of aromatic amines is 1. The first-order valence-corrected chi connectivity index (χ1v) is 9.53. The summed E-state index contributed by atoms with van der Waals surface area (Å²) in [6.07, 6.45) is 3.40. The standard InChI is InChI=1S/C20H16Cl2N4O3/c1-10-17(26-9-12(21)7-14(22)18(26)24-10)19(27)25-16(20(28)29)6-11-8-23-15-5-3-2-4-13(11)15/h2-5,7-9,16,23H,6H2,1H3,(H,25,27)(H,28,29). The highest BCUT2D eigenvalue weighted by Gasteiger charge is 2.26. The minimum atomic E-state index is -1.13. The van der Waals surface area contributed by atoms with E-state index in [0.29, 0.717) is 21.4 Å². The van der Waals surface area contributed by atoms with Crippen LogP contribution in [0.1, 0.15) is 21.7 Å². The van der Waals surface area contributed by atoms with E-state index in [2.05, 4.69) is 15.3 Å².